The molecule has 0 aliphatic carbocycles. The maximum Gasteiger partial charge on any atom is 0.270 e. The molecule has 0 heterocycles. The molecule has 0 aromatic heterocycles. The zero-order valence-corrected chi connectivity index (χ0v) is 13.4. The number of anilines is 1. The van der Waals surface area contributed by atoms with Crippen molar-refractivity contribution in [3.8, 4) is 5.75 Å². The smallest absolute Gasteiger partial charge is 0.270 e. The van der Waals surface area contributed by atoms with E-state index in [-0.39, 0.29) is 5.69 Å². The first-order valence-electron chi connectivity index (χ1n) is 6.01. The number of ether oxygens (including phenoxy) is 1. The average molecular weight is 372 g/mol. The lowest BCUT2D eigenvalue weighted by molar-refractivity contribution is -0.384. The van der Waals surface area contributed by atoms with Crippen molar-refractivity contribution >= 4 is 38.9 Å². The fourth-order valence-electron chi connectivity index (χ4n) is 1.75. The third-order valence-corrected chi connectivity index (χ3v) is 3.93. The second kappa shape index (κ2) is 6.78. The van der Waals surface area contributed by atoms with Gasteiger partial charge in [-0.15, -0.1) is 0 Å². The molecule has 5 nitrogen and oxygen atoms in total. The number of nitrogens with one attached hydrogen (secondary N) is 1. The zero-order chi connectivity index (χ0) is 15.4. The first kappa shape index (κ1) is 15.6. The van der Waals surface area contributed by atoms with E-state index in [1.165, 1.54) is 12.1 Å². The number of methoxy groups -OCH3 is 1. The Balaban J connectivity index is 2.15. The number of hydrogen-bond donors (Lipinski definition) is 1. The predicted octanol–water partition coefficient (Wildman–Crippen LogP) is 4.63. The molecule has 0 saturated carbocycles. The highest BCUT2D eigenvalue weighted by Gasteiger charge is 2.10. The monoisotopic (exact) mass is 370 g/mol. The molecule has 2 aromatic carbocycles. The van der Waals surface area contributed by atoms with Crippen LogP contribution in [-0.2, 0) is 6.54 Å². The first-order valence-corrected chi connectivity index (χ1v) is 7.18. The molecule has 0 amide bonds. The highest BCUT2D eigenvalue weighted by Crippen LogP contribution is 2.29. The number of nitrogens with zero attached hydrogens (tertiary/aromatic N) is 1. The van der Waals surface area contributed by atoms with Gasteiger partial charge in [-0.3, -0.25) is 10.1 Å². The lowest BCUT2D eigenvalue weighted by Crippen LogP contribution is -2.01. The minimum absolute atomic E-state index is 0.0219. The maximum atomic E-state index is 10.7. The van der Waals surface area contributed by atoms with Gasteiger partial charge in [-0.2, -0.15) is 0 Å². The standard InChI is InChI=1S/C14H12BrClN2O3/c1-21-11-4-5-12(15)14(7-11)17-8-9-2-3-10(18(19)20)6-13(9)16/h2-7,17H,8H2,1H3. The van der Waals surface area contributed by atoms with E-state index in [0.717, 1.165) is 21.5 Å². The van der Waals surface area contributed by atoms with Crippen LogP contribution in [0.2, 0.25) is 5.02 Å². The lowest BCUT2D eigenvalue weighted by atomic mass is 10.2. The zero-order valence-electron chi connectivity index (χ0n) is 11.1. The Morgan fingerprint density at radius 1 is 1.33 bits per heavy atom. The van der Waals surface area contributed by atoms with E-state index < -0.39 is 4.92 Å². The third-order valence-electron chi connectivity index (χ3n) is 2.89. The Labute approximate surface area is 135 Å². The molecule has 110 valence electrons. The molecule has 2 rings (SSSR count). The van der Waals surface area contributed by atoms with Crippen molar-refractivity contribution in [1.82, 2.24) is 0 Å². The summed E-state index contributed by atoms with van der Waals surface area (Å²) in [5.41, 5.74) is 1.60. The number of halogens is 2. The molecule has 0 aliphatic rings. The van der Waals surface area contributed by atoms with Gasteiger partial charge in [0.2, 0.25) is 0 Å². The highest BCUT2D eigenvalue weighted by atomic mass is 79.9. The molecule has 0 saturated heterocycles. The van der Waals surface area contributed by atoms with Crippen molar-refractivity contribution in [3.63, 3.8) is 0 Å². The van der Waals surface area contributed by atoms with Gasteiger partial charge in [0, 0.05) is 29.2 Å². The van der Waals surface area contributed by atoms with E-state index in [0.29, 0.717) is 11.6 Å². The summed E-state index contributed by atoms with van der Waals surface area (Å²) in [7, 11) is 1.60. The molecular weight excluding hydrogens is 360 g/mol. The molecule has 2 aromatic rings. The quantitative estimate of drug-likeness (QED) is 0.614. The van der Waals surface area contributed by atoms with Crippen molar-refractivity contribution in [2.75, 3.05) is 12.4 Å². The summed E-state index contributed by atoms with van der Waals surface area (Å²) in [4.78, 5) is 10.2. The van der Waals surface area contributed by atoms with Gasteiger partial charge in [-0.25, -0.2) is 0 Å². The van der Waals surface area contributed by atoms with Gasteiger partial charge >= 0.3 is 0 Å². The number of non-ortho nitro benzene ring substituents is 1. The molecular formula is C14H12BrClN2O3. The van der Waals surface area contributed by atoms with E-state index in [9.17, 15) is 10.1 Å². The van der Waals surface area contributed by atoms with Crippen LogP contribution in [0.1, 0.15) is 5.56 Å². The van der Waals surface area contributed by atoms with Crippen molar-refractivity contribution < 1.29 is 9.66 Å². The minimum Gasteiger partial charge on any atom is -0.497 e. The molecule has 0 unspecified atom stereocenters. The van der Waals surface area contributed by atoms with E-state index in [2.05, 4.69) is 21.2 Å². The summed E-state index contributed by atoms with van der Waals surface area (Å²) in [6, 6.07) is 9.99. The Bertz CT molecular complexity index is 679. The van der Waals surface area contributed by atoms with Gasteiger partial charge in [0.1, 0.15) is 5.75 Å². The Morgan fingerprint density at radius 3 is 2.71 bits per heavy atom. The fourth-order valence-corrected chi connectivity index (χ4v) is 2.38. The van der Waals surface area contributed by atoms with Crippen LogP contribution in [-0.4, -0.2) is 12.0 Å². The number of rotatable bonds is 5. The summed E-state index contributed by atoms with van der Waals surface area (Å²) >= 11 is 9.50. The van der Waals surface area contributed by atoms with Crippen molar-refractivity contribution in [3.05, 3.63) is 61.6 Å². The number of hydrogen-bond acceptors (Lipinski definition) is 4. The molecule has 7 heteroatoms. The largest absolute Gasteiger partial charge is 0.497 e. The van der Waals surface area contributed by atoms with E-state index in [4.69, 9.17) is 16.3 Å². The predicted molar refractivity (Wildman–Crippen MR) is 86.1 cm³/mol. The molecule has 0 bridgehead atoms. The summed E-state index contributed by atoms with van der Waals surface area (Å²) in [5, 5.41) is 14.2. The normalized spacial score (nSPS) is 10.2. The number of benzene rings is 2. The van der Waals surface area contributed by atoms with Crippen LogP contribution < -0.4 is 10.1 Å². The van der Waals surface area contributed by atoms with Crippen molar-refractivity contribution in [1.29, 1.82) is 0 Å². The fraction of sp³-hybridized carbons (Fsp3) is 0.143. The second-order valence-corrected chi connectivity index (χ2v) is 5.49. The SMILES string of the molecule is COc1ccc(Br)c(NCc2ccc([N+](=O)[O-])cc2Cl)c1. The van der Waals surface area contributed by atoms with Gasteiger partial charge < -0.3 is 10.1 Å². The first-order chi connectivity index (χ1) is 10.0. The third kappa shape index (κ3) is 3.86. The summed E-state index contributed by atoms with van der Waals surface area (Å²) in [5.74, 6) is 0.732. The van der Waals surface area contributed by atoms with Crippen LogP contribution in [0, 0.1) is 10.1 Å². The summed E-state index contributed by atoms with van der Waals surface area (Å²) in [6.45, 7) is 0.447. The Kier molecular flexibility index (Phi) is 5.03. The molecule has 0 aliphatic heterocycles. The molecule has 0 radical (unpaired) electrons. The van der Waals surface area contributed by atoms with Gasteiger partial charge in [-0.05, 0) is 39.7 Å². The van der Waals surface area contributed by atoms with Crippen LogP contribution >= 0.6 is 27.5 Å². The van der Waals surface area contributed by atoms with Crippen molar-refractivity contribution in [2.24, 2.45) is 0 Å². The van der Waals surface area contributed by atoms with Gasteiger partial charge in [0.05, 0.1) is 22.7 Å². The van der Waals surface area contributed by atoms with Gasteiger partial charge in [0.25, 0.3) is 5.69 Å². The molecule has 0 fully saturated rings. The maximum absolute atomic E-state index is 10.7. The van der Waals surface area contributed by atoms with Crippen LogP contribution in [0.3, 0.4) is 0 Å². The van der Waals surface area contributed by atoms with Crippen molar-refractivity contribution in [2.45, 2.75) is 6.54 Å². The Morgan fingerprint density at radius 2 is 2.10 bits per heavy atom. The number of nitro benzene ring substituents is 1. The Hall–Kier alpha value is -1.79. The van der Waals surface area contributed by atoms with Crippen LogP contribution in [0.15, 0.2) is 40.9 Å². The van der Waals surface area contributed by atoms with Crippen LogP contribution in [0.25, 0.3) is 0 Å². The molecule has 1 N–H and O–H groups in total. The van der Waals surface area contributed by atoms with Gasteiger partial charge in [0.15, 0.2) is 0 Å². The highest BCUT2D eigenvalue weighted by molar-refractivity contribution is 9.10. The number of nitro groups is 1. The van der Waals surface area contributed by atoms with Crippen LogP contribution in [0.4, 0.5) is 11.4 Å². The van der Waals surface area contributed by atoms with E-state index in [1.807, 2.05) is 18.2 Å². The van der Waals surface area contributed by atoms with Crippen LogP contribution in [0.5, 0.6) is 5.75 Å². The summed E-state index contributed by atoms with van der Waals surface area (Å²) in [6.07, 6.45) is 0. The average Bonchev–Trinajstić information content (AvgIpc) is 2.47. The molecule has 21 heavy (non-hydrogen) atoms. The second-order valence-electron chi connectivity index (χ2n) is 4.23. The minimum atomic E-state index is -0.470. The topological polar surface area (TPSA) is 64.4 Å². The summed E-state index contributed by atoms with van der Waals surface area (Å²) < 4.78 is 6.06. The molecule has 0 atom stereocenters. The lowest BCUT2D eigenvalue weighted by Gasteiger charge is -2.11. The molecule has 0 spiro atoms. The van der Waals surface area contributed by atoms with Gasteiger partial charge in [-0.1, -0.05) is 11.6 Å². The van der Waals surface area contributed by atoms with E-state index in [1.54, 1.807) is 13.2 Å². The van der Waals surface area contributed by atoms with E-state index >= 15 is 0 Å².